The lowest BCUT2D eigenvalue weighted by Crippen LogP contribution is -2.23. The summed E-state index contributed by atoms with van der Waals surface area (Å²) in [6, 6.07) is 6.70. The Kier molecular flexibility index (Phi) is 3.47. The van der Waals surface area contributed by atoms with E-state index >= 15 is 0 Å². The summed E-state index contributed by atoms with van der Waals surface area (Å²) in [5, 5.41) is 9.33. The minimum absolute atomic E-state index is 0.221. The highest BCUT2D eigenvalue weighted by Gasteiger charge is 2.12. The molecular formula is C12H14N4O2. The minimum atomic E-state index is -0.221. The lowest BCUT2D eigenvalue weighted by atomic mass is 10.1. The number of carbonyl (C=O) groups is 1. The average molecular weight is 246 g/mol. The van der Waals surface area contributed by atoms with Crippen molar-refractivity contribution in [1.29, 1.82) is 0 Å². The van der Waals surface area contributed by atoms with Crippen LogP contribution in [-0.4, -0.2) is 23.2 Å². The molecule has 6 heteroatoms. The van der Waals surface area contributed by atoms with Crippen LogP contribution in [0.25, 0.3) is 0 Å². The fraction of sp³-hybridized carbons (Fsp3) is 0.167. The summed E-state index contributed by atoms with van der Waals surface area (Å²) >= 11 is 0. The maximum Gasteiger partial charge on any atom is 0.255 e. The maximum absolute atomic E-state index is 12.0. The number of nitrogens with two attached hydrogens (primary N) is 1. The van der Waals surface area contributed by atoms with Gasteiger partial charge < -0.3 is 15.8 Å². The Morgan fingerprint density at radius 2 is 2.33 bits per heavy atom. The van der Waals surface area contributed by atoms with Crippen molar-refractivity contribution in [2.45, 2.75) is 6.54 Å². The lowest BCUT2D eigenvalue weighted by Gasteiger charge is -2.09. The van der Waals surface area contributed by atoms with Crippen molar-refractivity contribution in [3.63, 3.8) is 0 Å². The molecule has 1 aromatic carbocycles. The molecule has 0 aliphatic heterocycles. The highest BCUT2D eigenvalue weighted by Crippen LogP contribution is 2.21. The Balaban J connectivity index is 2.09. The molecule has 0 aliphatic rings. The molecule has 1 heterocycles. The zero-order chi connectivity index (χ0) is 13.0. The molecule has 6 nitrogen and oxygen atoms in total. The fourth-order valence-corrected chi connectivity index (χ4v) is 1.55. The predicted octanol–water partition coefficient (Wildman–Crippen LogP) is 0.931. The maximum atomic E-state index is 12.0. The number of amides is 1. The second kappa shape index (κ2) is 5.22. The number of nitrogen functional groups attached to an aromatic ring is 1. The van der Waals surface area contributed by atoms with Gasteiger partial charge in [0.25, 0.3) is 5.91 Å². The molecule has 1 amide bonds. The number of benzene rings is 1. The number of rotatable bonds is 4. The summed E-state index contributed by atoms with van der Waals surface area (Å²) < 4.78 is 5.12. The van der Waals surface area contributed by atoms with Crippen molar-refractivity contribution < 1.29 is 9.53 Å². The normalized spacial score (nSPS) is 10.1. The summed E-state index contributed by atoms with van der Waals surface area (Å²) in [5.74, 6) is 0.235. The molecule has 2 rings (SSSR count). The Labute approximate surface area is 104 Å². The van der Waals surface area contributed by atoms with E-state index in [1.807, 2.05) is 0 Å². The summed E-state index contributed by atoms with van der Waals surface area (Å²) in [6.45, 7) is 0.381. The standard InChI is InChI=1S/C12H14N4O2/c1-18-11-6-8(13)2-3-10(11)12(17)14-7-9-4-5-15-16-9/h2-6H,7,13H2,1H3,(H,14,17)(H,15,16). The van der Waals surface area contributed by atoms with E-state index in [0.717, 1.165) is 5.69 Å². The van der Waals surface area contributed by atoms with E-state index in [-0.39, 0.29) is 5.91 Å². The quantitative estimate of drug-likeness (QED) is 0.700. The SMILES string of the molecule is COc1cc(N)ccc1C(=O)NCc1ccn[nH]1. The molecule has 0 radical (unpaired) electrons. The number of ether oxygens (including phenoxy) is 1. The van der Waals surface area contributed by atoms with Crippen LogP contribution in [0.5, 0.6) is 5.75 Å². The van der Waals surface area contributed by atoms with Gasteiger partial charge in [0.05, 0.1) is 24.9 Å². The number of hydrogen-bond acceptors (Lipinski definition) is 4. The Morgan fingerprint density at radius 3 is 3.00 bits per heavy atom. The molecule has 1 aromatic heterocycles. The van der Waals surface area contributed by atoms with Crippen molar-refractivity contribution in [3.05, 3.63) is 41.7 Å². The first-order chi connectivity index (χ1) is 8.70. The molecule has 94 valence electrons. The molecule has 0 spiro atoms. The van der Waals surface area contributed by atoms with Crippen LogP contribution in [0.2, 0.25) is 0 Å². The van der Waals surface area contributed by atoms with E-state index in [0.29, 0.717) is 23.5 Å². The van der Waals surface area contributed by atoms with Gasteiger partial charge in [-0.2, -0.15) is 5.10 Å². The Morgan fingerprint density at radius 1 is 1.50 bits per heavy atom. The van der Waals surface area contributed by atoms with Crippen molar-refractivity contribution in [1.82, 2.24) is 15.5 Å². The number of nitrogens with one attached hydrogen (secondary N) is 2. The lowest BCUT2D eigenvalue weighted by molar-refractivity contribution is 0.0947. The zero-order valence-electron chi connectivity index (χ0n) is 9.93. The minimum Gasteiger partial charge on any atom is -0.496 e. The summed E-state index contributed by atoms with van der Waals surface area (Å²) in [7, 11) is 1.50. The molecule has 0 saturated heterocycles. The van der Waals surface area contributed by atoms with Crippen LogP contribution >= 0.6 is 0 Å². The van der Waals surface area contributed by atoms with Crippen molar-refractivity contribution >= 4 is 11.6 Å². The number of H-pyrrole nitrogens is 1. The van der Waals surface area contributed by atoms with Gasteiger partial charge >= 0.3 is 0 Å². The summed E-state index contributed by atoms with van der Waals surface area (Å²) in [4.78, 5) is 12.0. The van der Waals surface area contributed by atoms with Crippen LogP contribution in [0.3, 0.4) is 0 Å². The average Bonchev–Trinajstić information content (AvgIpc) is 2.88. The second-order valence-corrected chi connectivity index (χ2v) is 3.72. The van der Waals surface area contributed by atoms with Gasteiger partial charge in [0.2, 0.25) is 0 Å². The first-order valence-electron chi connectivity index (χ1n) is 5.40. The van der Waals surface area contributed by atoms with Gasteiger partial charge in [-0.1, -0.05) is 0 Å². The van der Waals surface area contributed by atoms with Crippen molar-refractivity contribution in [3.8, 4) is 5.75 Å². The predicted molar refractivity (Wildman–Crippen MR) is 67.2 cm³/mol. The fourth-order valence-electron chi connectivity index (χ4n) is 1.55. The smallest absolute Gasteiger partial charge is 0.255 e. The van der Waals surface area contributed by atoms with E-state index in [4.69, 9.17) is 10.5 Å². The van der Waals surface area contributed by atoms with Crippen LogP contribution < -0.4 is 15.8 Å². The van der Waals surface area contributed by atoms with E-state index < -0.39 is 0 Å². The Bertz CT molecular complexity index is 537. The third-order valence-electron chi connectivity index (χ3n) is 2.47. The van der Waals surface area contributed by atoms with Crippen LogP contribution in [0.1, 0.15) is 16.1 Å². The number of methoxy groups -OCH3 is 1. The van der Waals surface area contributed by atoms with Crippen LogP contribution in [0.4, 0.5) is 5.69 Å². The highest BCUT2D eigenvalue weighted by atomic mass is 16.5. The van der Waals surface area contributed by atoms with Crippen LogP contribution in [0.15, 0.2) is 30.5 Å². The number of aromatic nitrogens is 2. The van der Waals surface area contributed by atoms with Gasteiger partial charge in [-0.05, 0) is 18.2 Å². The summed E-state index contributed by atoms with van der Waals surface area (Å²) in [6.07, 6.45) is 1.63. The van der Waals surface area contributed by atoms with E-state index in [1.165, 1.54) is 7.11 Å². The highest BCUT2D eigenvalue weighted by molar-refractivity contribution is 5.97. The van der Waals surface area contributed by atoms with Crippen molar-refractivity contribution in [2.24, 2.45) is 0 Å². The number of nitrogens with zero attached hydrogens (tertiary/aromatic N) is 1. The molecule has 0 bridgehead atoms. The monoisotopic (exact) mass is 246 g/mol. The van der Waals surface area contributed by atoms with Gasteiger partial charge in [-0.25, -0.2) is 0 Å². The molecule has 18 heavy (non-hydrogen) atoms. The Hall–Kier alpha value is -2.50. The topological polar surface area (TPSA) is 93.0 Å². The largest absolute Gasteiger partial charge is 0.496 e. The molecule has 0 unspecified atom stereocenters. The summed E-state index contributed by atoms with van der Waals surface area (Å²) in [5.41, 5.74) is 7.46. The molecule has 0 aliphatic carbocycles. The molecule has 2 aromatic rings. The number of aromatic amines is 1. The van der Waals surface area contributed by atoms with Crippen molar-refractivity contribution in [2.75, 3.05) is 12.8 Å². The van der Waals surface area contributed by atoms with E-state index in [1.54, 1.807) is 30.5 Å². The number of anilines is 1. The second-order valence-electron chi connectivity index (χ2n) is 3.72. The van der Waals surface area contributed by atoms with Gasteiger partial charge in [0.15, 0.2) is 0 Å². The van der Waals surface area contributed by atoms with Crippen LogP contribution in [-0.2, 0) is 6.54 Å². The third-order valence-corrected chi connectivity index (χ3v) is 2.47. The van der Waals surface area contributed by atoms with E-state index in [9.17, 15) is 4.79 Å². The molecule has 0 atom stereocenters. The first kappa shape index (κ1) is 12.0. The molecule has 0 fully saturated rings. The third kappa shape index (κ3) is 2.60. The zero-order valence-corrected chi connectivity index (χ0v) is 9.93. The first-order valence-corrected chi connectivity index (χ1v) is 5.40. The van der Waals surface area contributed by atoms with Gasteiger partial charge in [0.1, 0.15) is 5.75 Å². The molecular weight excluding hydrogens is 232 g/mol. The van der Waals surface area contributed by atoms with Gasteiger partial charge in [-0.15, -0.1) is 0 Å². The molecule has 0 saturated carbocycles. The van der Waals surface area contributed by atoms with Crippen LogP contribution in [0, 0.1) is 0 Å². The van der Waals surface area contributed by atoms with E-state index in [2.05, 4.69) is 15.5 Å². The number of carbonyl (C=O) groups excluding carboxylic acids is 1. The number of hydrogen-bond donors (Lipinski definition) is 3. The van der Waals surface area contributed by atoms with Gasteiger partial charge in [0, 0.05) is 18.0 Å². The van der Waals surface area contributed by atoms with Gasteiger partial charge in [-0.3, -0.25) is 9.89 Å². The molecule has 4 N–H and O–H groups in total.